The fourth-order valence-corrected chi connectivity index (χ4v) is 4.51. The second-order valence-electron chi connectivity index (χ2n) is 7.14. The summed E-state index contributed by atoms with van der Waals surface area (Å²) in [6, 6.07) is 10.1. The van der Waals surface area contributed by atoms with Crippen LogP contribution < -0.4 is 4.90 Å². The molecule has 2 fully saturated rings. The average molecular weight is 402 g/mol. The first-order chi connectivity index (χ1) is 13.8. The fourth-order valence-electron chi connectivity index (χ4n) is 3.66. The predicted molar refractivity (Wildman–Crippen MR) is 110 cm³/mol. The van der Waals surface area contributed by atoms with Gasteiger partial charge in [-0.15, -0.1) is 10.2 Å². The summed E-state index contributed by atoms with van der Waals surface area (Å²) in [6.07, 6.45) is 4.67. The highest BCUT2D eigenvalue weighted by Gasteiger charge is 2.23. The molecule has 3 heterocycles. The molecule has 0 radical (unpaired) electrons. The number of hydrogen-bond acceptors (Lipinski definition) is 6. The van der Waals surface area contributed by atoms with Gasteiger partial charge in [-0.05, 0) is 25.0 Å². The molecule has 0 saturated carbocycles. The Morgan fingerprint density at radius 3 is 2.39 bits per heavy atom. The third-order valence-electron chi connectivity index (χ3n) is 5.21. The first-order valence-corrected chi connectivity index (χ1v) is 11.1. The number of thioether (sulfide) groups is 1. The highest BCUT2D eigenvalue weighted by molar-refractivity contribution is 7.99. The fraction of sp³-hybridized carbons (Fsp3) is 0.550. The minimum absolute atomic E-state index is 0.197. The van der Waals surface area contributed by atoms with Crippen LogP contribution in [0.25, 0.3) is 5.69 Å². The van der Waals surface area contributed by atoms with E-state index in [1.54, 1.807) is 0 Å². The number of rotatable bonds is 5. The summed E-state index contributed by atoms with van der Waals surface area (Å²) >= 11 is 1.48. The number of aromatic nitrogens is 3. The van der Waals surface area contributed by atoms with Crippen molar-refractivity contribution in [3.8, 4) is 5.69 Å². The molecule has 8 heteroatoms. The lowest BCUT2D eigenvalue weighted by molar-refractivity contribution is -0.128. The second kappa shape index (κ2) is 9.43. The van der Waals surface area contributed by atoms with Crippen LogP contribution in [0.15, 0.2) is 35.5 Å². The van der Waals surface area contributed by atoms with Gasteiger partial charge in [0.05, 0.1) is 24.7 Å². The van der Waals surface area contributed by atoms with Crippen LogP contribution in [0.3, 0.4) is 0 Å². The molecule has 2 aliphatic heterocycles. The SMILES string of the molecule is O=C(CSc1nnc(N2CCOCC2)n1-c1ccccc1)N1CCCCCC1. The molecule has 0 bridgehead atoms. The number of para-hydroxylation sites is 1. The van der Waals surface area contributed by atoms with E-state index in [0.29, 0.717) is 19.0 Å². The number of carbonyl (C=O) groups is 1. The van der Waals surface area contributed by atoms with Gasteiger partial charge in [0.2, 0.25) is 11.9 Å². The molecule has 2 aromatic rings. The number of carbonyl (C=O) groups excluding carboxylic acids is 1. The maximum atomic E-state index is 12.7. The van der Waals surface area contributed by atoms with Gasteiger partial charge >= 0.3 is 0 Å². The van der Waals surface area contributed by atoms with Crippen LogP contribution in [0.1, 0.15) is 25.7 Å². The number of amides is 1. The normalized spacial score (nSPS) is 18.1. The van der Waals surface area contributed by atoms with Gasteiger partial charge < -0.3 is 14.5 Å². The average Bonchev–Trinajstić information content (AvgIpc) is 2.98. The van der Waals surface area contributed by atoms with Crippen LogP contribution in [-0.4, -0.2) is 70.7 Å². The number of benzene rings is 1. The van der Waals surface area contributed by atoms with Crippen molar-refractivity contribution in [2.24, 2.45) is 0 Å². The molecule has 28 heavy (non-hydrogen) atoms. The highest BCUT2D eigenvalue weighted by Crippen LogP contribution is 2.27. The molecular weight excluding hydrogens is 374 g/mol. The molecule has 7 nitrogen and oxygen atoms in total. The van der Waals surface area contributed by atoms with E-state index in [0.717, 1.165) is 55.8 Å². The molecule has 1 aromatic heterocycles. The van der Waals surface area contributed by atoms with Crippen molar-refractivity contribution in [1.29, 1.82) is 0 Å². The van der Waals surface area contributed by atoms with Crippen LogP contribution in [0, 0.1) is 0 Å². The van der Waals surface area contributed by atoms with Crippen molar-refractivity contribution < 1.29 is 9.53 Å². The Morgan fingerprint density at radius 2 is 1.68 bits per heavy atom. The number of anilines is 1. The van der Waals surface area contributed by atoms with Gasteiger partial charge in [0.1, 0.15) is 0 Å². The smallest absolute Gasteiger partial charge is 0.233 e. The minimum Gasteiger partial charge on any atom is -0.378 e. The van der Waals surface area contributed by atoms with Crippen molar-refractivity contribution in [2.75, 3.05) is 50.0 Å². The molecule has 0 spiro atoms. The van der Waals surface area contributed by atoms with Crippen molar-refractivity contribution in [3.63, 3.8) is 0 Å². The Morgan fingerprint density at radius 1 is 0.964 bits per heavy atom. The maximum absolute atomic E-state index is 12.7. The van der Waals surface area contributed by atoms with Crippen LogP contribution in [0.4, 0.5) is 5.95 Å². The second-order valence-corrected chi connectivity index (χ2v) is 8.08. The van der Waals surface area contributed by atoms with Crippen LogP contribution in [-0.2, 0) is 9.53 Å². The Labute approximate surface area is 170 Å². The van der Waals surface area contributed by atoms with Gasteiger partial charge in [0, 0.05) is 26.2 Å². The number of likely N-dealkylation sites (tertiary alicyclic amines) is 1. The van der Waals surface area contributed by atoms with E-state index in [1.165, 1.54) is 24.6 Å². The lowest BCUT2D eigenvalue weighted by Crippen LogP contribution is -2.38. The van der Waals surface area contributed by atoms with E-state index >= 15 is 0 Å². The molecule has 0 unspecified atom stereocenters. The van der Waals surface area contributed by atoms with Crippen molar-refractivity contribution in [1.82, 2.24) is 19.7 Å². The number of morpholine rings is 1. The largest absolute Gasteiger partial charge is 0.378 e. The number of hydrogen-bond donors (Lipinski definition) is 0. The zero-order valence-corrected chi connectivity index (χ0v) is 16.9. The van der Waals surface area contributed by atoms with Gasteiger partial charge in [-0.25, -0.2) is 0 Å². The summed E-state index contributed by atoms with van der Waals surface area (Å²) in [5.74, 6) is 1.41. The molecule has 150 valence electrons. The van der Waals surface area contributed by atoms with Crippen LogP contribution in [0.5, 0.6) is 0 Å². The molecule has 2 aliphatic rings. The van der Waals surface area contributed by atoms with Crippen molar-refractivity contribution >= 4 is 23.6 Å². The third-order valence-corrected chi connectivity index (χ3v) is 6.12. The van der Waals surface area contributed by atoms with Crippen LogP contribution >= 0.6 is 11.8 Å². The number of ether oxygens (including phenoxy) is 1. The third kappa shape index (κ3) is 4.50. The molecule has 1 amide bonds. The number of nitrogens with zero attached hydrogens (tertiary/aromatic N) is 5. The highest BCUT2D eigenvalue weighted by atomic mass is 32.2. The molecular formula is C20H27N5O2S. The van der Waals surface area contributed by atoms with Gasteiger partial charge in [-0.1, -0.05) is 42.8 Å². The van der Waals surface area contributed by atoms with E-state index in [4.69, 9.17) is 4.74 Å². The Bertz CT molecular complexity index is 768. The standard InChI is InChI=1S/C20H27N5O2S/c26-18(23-10-6-1-2-7-11-23)16-28-20-22-21-19(24-12-14-27-15-13-24)25(20)17-8-4-3-5-9-17/h3-5,8-9H,1-2,6-7,10-16H2. The van der Waals surface area contributed by atoms with E-state index in [-0.39, 0.29) is 5.91 Å². The minimum atomic E-state index is 0.197. The van der Waals surface area contributed by atoms with E-state index in [1.807, 2.05) is 35.2 Å². The monoisotopic (exact) mass is 401 g/mol. The zero-order chi connectivity index (χ0) is 19.2. The molecule has 1 aromatic carbocycles. The summed E-state index contributed by atoms with van der Waals surface area (Å²) in [6.45, 7) is 4.73. The summed E-state index contributed by atoms with van der Waals surface area (Å²) in [7, 11) is 0. The van der Waals surface area contributed by atoms with E-state index < -0.39 is 0 Å². The first-order valence-electron chi connectivity index (χ1n) is 10.1. The molecule has 2 saturated heterocycles. The lowest BCUT2D eigenvalue weighted by Gasteiger charge is -2.28. The summed E-state index contributed by atoms with van der Waals surface area (Å²) < 4.78 is 7.54. The topological polar surface area (TPSA) is 63.5 Å². The summed E-state index contributed by atoms with van der Waals surface area (Å²) in [4.78, 5) is 16.9. The first kappa shape index (κ1) is 19.3. The van der Waals surface area contributed by atoms with Gasteiger partial charge in [-0.2, -0.15) is 0 Å². The van der Waals surface area contributed by atoms with Crippen molar-refractivity contribution in [2.45, 2.75) is 30.8 Å². The maximum Gasteiger partial charge on any atom is 0.233 e. The van der Waals surface area contributed by atoms with Gasteiger partial charge in [-0.3, -0.25) is 9.36 Å². The van der Waals surface area contributed by atoms with Crippen molar-refractivity contribution in [3.05, 3.63) is 30.3 Å². The summed E-state index contributed by atoms with van der Waals surface area (Å²) in [5.41, 5.74) is 1.01. The Hall–Kier alpha value is -2.06. The summed E-state index contributed by atoms with van der Waals surface area (Å²) in [5, 5.41) is 9.65. The van der Waals surface area contributed by atoms with Crippen LogP contribution in [0.2, 0.25) is 0 Å². The predicted octanol–water partition coefficient (Wildman–Crippen LogP) is 2.60. The molecule has 4 rings (SSSR count). The Balaban J connectivity index is 1.53. The zero-order valence-electron chi connectivity index (χ0n) is 16.1. The molecule has 0 atom stereocenters. The molecule has 0 N–H and O–H groups in total. The quantitative estimate of drug-likeness (QED) is 0.718. The van der Waals surface area contributed by atoms with Gasteiger partial charge in [0.25, 0.3) is 0 Å². The molecule has 0 aliphatic carbocycles. The Kier molecular flexibility index (Phi) is 6.49. The lowest BCUT2D eigenvalue weighted by atomic mass is 10.2. The van der Waals surface area contributed by atoms with Gasteiger partial charge in [0.15, 0.2) is 5.16 Å². The van der Waals surface area contributed by atoms with E-state index in [9.17, 15) is 4.79 Å². The van der Waals surface area contributed by atoms with E-state index in [2.05, 4.69) is 19.7 Å².